The van der Waals surface area contributed by atoms with Crippen molar-refractivity contribution in [2.45, 2.75) is 45.8 Å². The summed E-state index contributed by atoms with van der Waals surface area (Å²) in [7, 11) is 0. The highest BCUT2D eigenvalue weighted by Crippen LogP contribution is 2.12. The van der Waals surface area contributed by atoms with Gasteiger partial charge in [-0.2, -0.15) is 5.26 Å². The van der Waals surface area contributed by atoms with E-state index in [0.29, 0.717) is 29.8 Å². The van der Waals surface area contributed by atoms with E-state index in [-0.39, 0.29) is 6.61 Å². The van der Waals surface area contributed by atoms with Gasteiger partial charge in [0.2, 0.25) is 0 Å². The lowest BCUT2D eigenvalue weighted by Gasteiger charge is -2.20. The first kappa shape index (κ1) is 17.5. The first-order chi connectivity index (χ1) is 10.0. The van der Waals surface area contributed by atoms with Crippen LogP contribution in [0.5, 0.6) is 5.75 Å². The van der Waals surface area contributed by atoms with Gasteiger partial charge in [-0.3, -0.25) is 0 Å². The Hall–Kier alpha value is -1.57. The molecule has 1 aromatic carbocycles. The van der Waals surface area contributed by atoms with Gasteiger partial charge in [0.1, 0.15) is 18.5 Å². The number of benzene rings is 1. The van der Waals surface area contributed by atoms with Crippen molar-refractivity contribution < 1.29 is 9.84 Å². The highest BCUT2D eigenvalue weighted by Gasteiger charge is 2.10. The number of aliphatic hydroxyl groups excluding tert-OH is 1. The van der Waals surface area contributed by atoms with Crippen LogP contribution in [-0.2, 0) is 0 Å². The zero-order chi connectivity index (χ0) is 15.7. The van der Waals surface area contributed by atoms with Gasteiger partial charge in [0.25, 0.3) is 0 Å². The standard InChI is InChI=1S/C17H26N2O2/c1-4-13(2)9-14(3)19-11-16(20)12-21-17-7-5-15(10-18)6-8-17/h5-8,13-14,16,19-20H,4,9,11-12H2,1-3H3. The fourth-order valence-electron chi connectivity index (χ4n) is 2.07. The van der Waals surface area contributed by atoms with Crippen LogP contribution in [0.1, 0.15) is 39.2 Å². The number of nitrogens with one attached hydrogen (secondary N) is 1. The third kappa shape index (κ3) is 7.12. The lowest BCUT2D eigenvalue weighted by Crippen LogP contribution is -2.37. The molecule has 3 atom stereocenters. The Labute approximate surface area is 127 Å². The molecule has 0 aliphatic heterocycles. The summed E-state index contributed by atoms with van der Waals surface area (Å²) in [5.74, 6) is 1.36. The van der Waals surface area contributed by atoms with Gasteiger partial charge < -0.3 is 15.2 Å². The van der Waals surface area contributed by atoms with Crippen LogP contribution in [0, 0.1) is 17.2 Å². The number of hydrogen-bond acceptors (Lipinski definition) is 4. The minimum absolute atomic E-state index is 0.245. The molecule has 0 bridgehead atoms. The molecule has 3 unspecified atom stereocenters. The molecule has 1 rings (SSSR count). The van der Waals surface area contributed by atoms with Crippen molar-refractivity contribution in [2.75, 3.05) is 13.2 Å². The number of ether oxygens (including phenoxy) is 1. The summed E-state index contributed by atoms with van der Waals surface area (Å²) in [5.41, 5.74) is 0.600. The van der Waals surface area contributed by atoms with Gasteiger partial charge in [-0.25, -0.2) is 0 Å². The summed E-state index contributed by atoms with van der Waals surface area (Å²) < 4.78 is 5.50. The van der Waals surface area contributed by atoms with Crippen LogP contribution in [0.25, 0.3) is 0 Å². The quantitative estimate of drug-likeness (QED) is 0.734. The number of nitriles is 1. The summed E-state index contributed by atoms with van der Waals surface area (Å²) in [6.07, 6.45) is 1.75. The number of hydrogen-bond donors (Lipinski definition) is 2. The molecule has 0 aliphatic carbocycles. The zero-order valence-electron chi connectivity index (χ0n) is 13.2. The molecule has 0 radical (unpaired) electrons. The largest absolute Gasteiger partial charge is 0.491 e. The molecule has 2 N–H and O–H groups in total. The molecule has 1 aromatic rings. The van der Waals surface area contributed by atoms with Gasteiger partial charge in [0.15, 0.2) is 0 Å². The first-order valence-corrected chi connectivity index (χ1v) is 7.59. The maximum atomic E-state index is 9.91. The highest BCUT2D eigenvalue weighted by atomic mass is 16.5. The second-order valence-corrected chi connectivity index (χ2v) is 5.66. The summed E-state index contributed by atoms with van der Waals surface area (Å²) in [6.45, 7) is 7.34. The van der Waals surface area contributed by atoms with Crippen LogP contribution in [0.4, 0.5) is 0 Å². The number of aliphatic hydroxyl groups is 1. The van der Waals surface area contributed by atoms with Crippen LogP contribution in [-0.4, -0.2) is 30.4 Å². The molecule has 0 saturated carbocycles. The van der Waals surface area contributed by atoms with Gasteiger partial charge in [0, 0.05) is 12.6 Å². The van der Waals surface area contributed by atoms with Crippen LogP contribution >= 0.6 is 0 Å². The summed E-state index contributed by atoms with van der Waals surface area (Å²) in [4.78, 5) is 0. The molecular weight excluding hydrogens is 264 g/mol. The molecule has 0 amide bonds. The minimum Gasteiger partial charge on any atom is -0.491 e. The Morgan fingerprint density at radius 2 is 1.95 bits per heavy atom. The SMILES string of the molecule is CCC(C)CC(C)NCC(O)COc1ccc(C#N)cc1. The average Bonchev–Trinajstić information content (AvgIpc) is 2.51. The predicted octanol–water partition coefficient (Wildman–Crippen LogP) is 2.71. The molecule has 21 heavy (non-hydrogen) atoms. The minimum atomic E-state index is -0.542. The second kappa shape index (κ2) is 9.38. The van der Waals surface area contributed by atoms with Crippen molar-refractivity contribution in [2.24, 2.45) is 5.92 Å². The van der Waals surface area contributed by atoms with E-state index in [1.165, 1.54) is 6.42 Å². The van der Waals surface area contributed by atoms with E-state index in [0.717, 1.165) is 6.42 Å². The highest BCUT2D eigenvalue weighted by molar-refractivity contribution is 5.34. The first-order valence-electron chi connectivity index (χ1n) is 7.59. The van der Waals surface area contributed by atoms with E-state index in [1.54, 1.807) is 24.3 Å². The molecule has 0 saturated heterocycles. The molecule has 0 fully saturated rings. The zero-order valence-corrected chi connectivity index (χ0v) is 13.2. The Kier molecular flexibility index (Phi) is 7.81. The smallest absolute Gasteiger partial charge is 0.119 e. The maximum absolute atomic E-state index is 9.91. The van der Waals surface area contributed by atoms with Crippen molar-refractivity contribution in [3.8, 4) is 11.8 Å². The Bertz CT molecular complexity index is 439. The van der Waals surface area contributed by atoms with Gasteiger partial charge in [-0.15, -0.1) is 0 Å². The molecular formula is C17H26N2O2. The third-order valence-corrected chi connectivity index (χ3v) is 3.58. The van der Waals surface area contributed by atoms with Crippen molar-refractivity contribution in [3.63, 3.8) is 0 Å². The summed E-state index contributed by atoms with van der Waals surface area (Å²) in [6, 6.07) is 9.34. The monoisotopic (exact) mass is 290 g/mol. The third-order valence-electron chi connectivity index (χ3n) is 3.58. The maximum Gasteiger partial charge on any atom is 0.119 e. The number of rotatable bonds is 9. The van der Waals surface area contributed by atoms with Crippen molar-refractivity contribution in [3.05, 3.63) is 29.8 Å². The van der Waals surface area contributed by atoms with Crippen LogP contribution in [0.2, 0.25) is 0 Å². The van der Waals surface area contributed by atoms with Gasteiger partial charge in [-0.1, -0.05) is 20.3 Å². The van der Waals surface area contributed by atoms with Crippen LogP contribution < -0.4 is 10.1 Å². The van der Waals surface area contributed by atoms with Crippen LogP contribution in [0.3, 0.4) is 0 Å². The molecule has 0 spiro atoms. The number of nitrogens with zero attached hydrogens (tertiary/aromatic N) is 1. The van der Waals surface area contributed by atoms with Gasteiger partial charge in [0.05, 0.1) is 11.6 Å². The van der Waals surface area contributed by atoms with Crippen molar-refractivity contribution >= 4 is 0 Å². The van der Waals surface area contributed by atoms with Crippen molar-refractivity contribution in [1.82, 2.24) is 5.32 Å². The van der Waals surface area contributed by atoms with E-state index in [4.69, 9.17) is 10.00 Å². The molecule has 0 aliphatic rings. The topological polar surface area (TPSA) is 65.3 Å². The molecule has 0 heterocycles. The molecule has 4 heteroatoms. The lowest BCUT2D eigenvalue weighted by atomic mass is 10.0. The van der Waals surface area contributed by atoms with Gasteiger partial charge >= 0.3 is 0 Å². The fourth-order valence-corrected chi connectivity index (χ4v) is 2.07. The van der Waals surface area contributed by atoms with E-state index in [9.17, 15) is 5.11 Å². The summed E-state index contributed by atoms with van der Waals surface area (Å²) >= 11 is 0. The second-order valence-electron chi connectivity index (χ2n) is 5.66. The molecule has 116 valence electrons. The Balaban J connectivity index is 2.24. The summed E-state index contributed by atoms with van der Waals surface area (Å²) in [5, 5.41) is 22.0. The average molecular weight is 290 g/mol. The molecule has 0 aromatic heterocycles. The Morgan fingerprint density at radius 1 is 1.29 bits per heavy atom. The van der Waals surface area contributed by atoms with Crippen LogP contribution in [0.15, 0.2) is 24.3 Å². The Morgan fingerprint density at radius 3 is 2.52 bits per heavy atom. The van der Waals surface area contributed by atoms with E-state index < -0.39 is 6.10 Å². The fraction of sp³-hybridized carbons (Fsp3) is 0.588. The van der Waals surface area contributed by atoms with Crippen molar-refractivity contribution in [1.29, 1.82) is 5.26 Å². The van der Waals surface area contributed by atoms with E-state index in [1.807, 2.05) is 0 Å². The normalized spacial score (nSPS) is 15.0. The lowest BCUT2D eigenvalue weighted by molar-refractivity contribution is 0.103. The van der Waals surface area contributed by atoms with Gasteiger partial charge in [-0.05, 0) is 43.5 Å². The molecule has 4 nitrogen and oxygen atoms in total. The van der Waals surface area contributed by atoms with E-state index >= 15 is 0 Å². The predicted molar refractivity (Wildman–Crippen MR) is 84.2 cm³/mol. The van der Waals surface area contributed by atoms with E-state index in [2.05, 4.69) is 32.2 Å².